The molecule has 6 heteroatoms. The molecule has 102 valence electrons. The summed E-state index contributed by atoms with van der Waals surface area (Å²) in [4.78, 5) is 11.8. The lowest BCUT2D eigenvalue weighted by Gasteiger charge is -2.05. The van der Waals surface area contributed by atoms with E-state index < -0.39 is 5.91 Å². The molecule has 0 spiro atoms. The van der Waals surface area contributed by atoms with Crippen molar-refractivity contribution in [1.82, 2.24) is 0 Å². The standard InChI is InChI=1S/C14H13ClN4O/c15-10-6-8-12(9-7-10)18-19-13(16)14(20)17-11-4-2-1-3-5-11/h1-9,18H,(H2,16,19)(H,17,20). The number of para-hydroxylation sites is 1. The summed E-state index contributed by atoms with van der Waals surface area (Å²) in [6.45, 7) is 0. The van der Waals surface area contributed by atoms with Crippen molar-refractivity contribution in [3.63, 3.8) is 0 Å². The SMILES string of the molecule is N/C(=N/Nc1ccc(Cl)cc1)C(=O)Nc1ccccc1. The van der Waals surface area contributed by atoms with Crippen molar-refractivity contribution in [2.75, 3.05) is 10.7 Å². The van der Waals surface area contributed by atoms with Crippen LogP contribution in [0.3, 0.4) is 0 Å². The van der Waals surface area contributed by atoms with E-state index in [0.29, 0.717) is 16.4 Å². The van der Waals surface area contributed by atoms with Gasteiger partial charge >= 0.3 is 0 Å². The van der Waals surface area contributed by atoms with Crippen molar-refractivity contribution in [2.24, 2.45) is 10.8 Å². The largest absolute Gasteiger partial charge is 0.378 e. The lowest BCUT2D eigenvalue weighted by molar-refractivity contribution is -0.110. The van der Waals surface area contributed by atoms with Gasteiger partial charge in [-0.15, -0.1) is 0 Å². The number of benzene rings is 2. The van der Waals surface area contributed by atoms with Gasteiger partial charge in [0, 0.05) is 10.7 Å². The molecule has 0 atom stereocenters. The number of hydrazone groups is 1. The number of hydrogen-bond acceptors (Lipinski definition) is 3. The molecule has 0 saturated carbocycles. The van der Waals surface area contributed by atoms with Crippen LogP contribution in [0.25, 0.3) is 0 Å². The van der Waals surface area contributed by atoms with Gasteiger partial charge < -0.3 is 11.1 Å². The normalized spacial score (nSPS) is 10.9. The van der Waals surface area contributed by atoms with Gasteiger partial charge in [0.2, 0.25) is 5.84 Å². The summed E-state index contributed by atoms with van der Waals surface area (Å²) in [7, 11) is 0. The number of nitrogens with one attached hydrogen (secondary N) is 2. The zero-order valence-electron chi connectivity index (χ0n) is 10.5. The van der Waals surface area contributed by atoms with Crippen molar-refractivity contribution in [3.05, 3.63) is 59.6 Å². The zero-order valence-corrected chi connectivity index (χ0v) is 11.3. The number of nitrogens with zero attached hydrogens (tertiary/aromatic N) is 1. The highest BCUT2D eigenvalue weighted by molar-refractivity contribution is 6.41. The highest BCUT2D eigenvalue weighted by Gasteiger charge is 2.07. The second-order valence-electron chi connectivity index (χ2n) is 3.94. The predicted octanol–water partition coefficient (Wildman–Crippen LogP) is 2.66. The van der Waals surface area contributed by atoms with E-state index in [1.54, 1.807) is 36.4 Å². The third kappa shape index (κ3) is 4.00. The summed E-state index contributed by atoms with van der Waals surface area (Å²) in [5.41, 5.74) is 9.61. The van der Waals surface area contributed by atoms with Gasteiger partial charge in [0.05, 0.1) is 5.69 Å². The van der Waals surface area contributed by atoms with E-state index in [1.165, 1.54) is 0 Å². The smallest absolute Gasteiger partial charge is 0.292 e. The molecule has 1 amide bonds. The molecule has 2 aromatic carbocycles. The monoisotopic (exact) mass is 288 g/mol. The lowest BCUT2D eigenvalue weighted by Crippen LogP contribution is -2.31. The van der Waals surface area contributed by atoms with Gasteiger partial charge in [-0.1, -0.05) is 29.8 Å². The Kier molecular flexibility index (Phi) is 4.57. The van der Waals surface area contributed by atoms with Gasteiger partial charge in [-0.05, 0) is 36.4 Å². The number of carbonyl (C=O) groups excluding carboxylic acids is 1. The van der Waals surface area contributed by atoms with Crippen LogP contribution in [0.4, 0.5) is 11.4 Å². The number of hydrogen-bond donors (Lipinski definition) is 3. The van der Waals surface area contributed by atoms with E-state index in [0.717, 1.165) is 0 Å². The van der Waals surface area contributed by atoms with Crippen molar-refractivity contribution in [2.45, 2.75) is 0 Å². The Morgan fingerprint density at radius 1 is 1.00 bits per heavy atom. The maximum absolute atomic E-state index is 11.8. The summed E-state index contributed by atoms with van der Waals surface area (Å²) >= 11 is 5.76. The molecule has 2 rings (SSSR count). The molecule has 0 aliphatic rings. The maximum atomic E-state index is 11.8. The topological polar surface area (TPSA) is 79.5 Å². The molecule has 20 heavy (non-hydrogen) atoms. The molecule has 0 heterocycles. The minimum absolute atomic E-state index is 0.163. The summed E-state index contributed by atoms with van der Waals surface area (Å²) in [5.74, 6) is -0.638. The summed E-state index contributed by atoms with van der Waals surface area (Å²) < 4.78 is 0. The summed E-state index contributed by atoms with van der Waals surface area (Å²) in [6, 6.07) is 15.9. The van der Waals surface area contributed by atoms with Gasteiger partial charge in [0.1, 0.15) is 0 Å². The van der Waals surface area contributed by atoms with Crippen LogP contribution in [-0.4, -0.2) is 11.7 Å². The highest BCUT2D eigenvalue weighted by atomic mass is 35.5. The van der Waals surface area contributed by atoms with Crippen molar-refractivity contribution >= 4 is 34.7 Å². The fourth-order valence-electron chi connectivity index (χ4n) is 1.42. The number of anilines is 2. The van der Waals surface area contributed by atoms with Crippen LogP contribution in [0.15, 0.2) is 59.7 Å². The Hall–Kier alpha value is -2.53. The van der Waals surface area contributed by atoms with Crippen molar-refractivity contribution in [1.29, 1.82) is 0 Å². The quantitative estimate of drug-likeness (QED) is 0.461. The first-order valence-electron chi connectivity index (χ1n) is 5.86. The van der Waals surface area contributed by atoms with Gasteiger partial charge in [0.25, 0.3) is 5.91 Å². The van der Waals surface area contributed by atoms with Crippen molar-refractivity contribution in [3.8, 4) is 0 Å². The number of amidine groups is 1. The second-order valence-corrected chi connectivity index (χ2v) is 4.37. The Labute approximate surface area is 121 Å². The summed E-state index contributed by atoms with van der Waals surface area (Å²) in [6.07, 6.45) is 0. The molecule has 0 saturated heterocycles. The molecule has 0 aliphatic carbocycles. The Morgan fingerprint density at radius 2 is 1.65 bits per heavy atom. The first-order chi connectivity index (χ1) is 9.65. The first kappa shape index (κ1) is 13.9. The lowest BCUT2D eigenvalue weighted by atomic mass is 10.3. The van der Waals surface area contributed by atoms with Crippen LogP contribution >= 0.6 is 11.6 Å². The molecule has 5 nitrogen and oxygen atoms in total. The number of carbonyl (C=O) groups is 1. The van der Waals surface area contributed by atoms with Crippen molar-refractivity contribution < 1.29 is 4.79 Å². The van der Waals surface area contributed by atoms with Crippen LogP contribution in [0.5, 0.6) is 0 Å². The fraction of sp³-hybridized carbons (Fsp3) is 0. The van der Waals surface area contributed by atoms with Crippen LogP contribution < -0.4 is 16.5 Å². The first-order valence-corrected chi connectivity index (χ1v) is 6.24. The van der Waals surface area contributed by atoms with E-state index in [1.807, 2.05) is 18.2 Å². The van der Waals surface area contributed by atoms with Crippen LogP contribution in [0.1, 0.15) is 0 Å². The van der Waals surface area contributed by atoms with Crippen LogP contribution in [0.2, 0.25) is 5.02 Å². The van der Waals surface area contributed by atoms with Gasteiger partial charge in [0.15, 0.2) is 0 Å². The number of rotatable bonds is 3. The van der Waals surface area contributed by atoms with Crippen LogP contribution in [0, 0.1) is 0 Å². The molecule has 0 unspecified atom stereocenters. The summed E-state index contributed by atoms with van der Waals surface area (Å²) in [5, 5.41) is 7.06. The van der Waals surface area contributed by atoms with E-state index in [2.05, 4.69) is 15.8 Å². The molecule has 0 aromatic heterocycles. The molecule has 4 N–H and O–H groups in total. The van der Waals surface area contributed by atoms with Gasteiger partial charge in [-0.2, -0.15) is 5.10 Å². The van der Waals surface area contributed by atoms with Gasteiger partial charge in [-0.25, -0.2) is 0 Å². The van der Waals surface area contributed by atoms with E-state index in [4.69, 9.17) is 17.3 Å². The number of nitrogens with two attached hydrogens (primary N) is 1. The Morgan fingerprint density at radius 3 is 2.30 bits per heavy atom. The number of amides is 1. The Balaban J connectivity index is 1.96. The van der Waals surface area contributed by atoms with Crippen LogP contribution in [-0.2, 0) is 4.79 Å². The fourth-order valence-corrected chi connectivity index (χ4v) is 1.54. The minimum Gasteiger partial charge on any atom is -0.378 e. The van der Waals surface area contributed by atoms with Gasteiger partial charge in [-0.3, -0.25) is 10.2 Å². The molecule has 2 aromatic rings. The molecular formula is C14H13ClN4O. The third-order valence-electron chi connectivity index (χ3n) is 2.41. The molecule has 0 fully saturated rings. The number of halogens is 1. The molecular weight excluding hydrogens is 276 g/mol. The van der Waals surface area contributed by atoms with E-state index >= 15 is 0 Å². The highest BCUT2D eigenvalue weighted by Crippen LogP contribution is 2.13. The predicted molar refractivity (Wildman–Crippen MR) is 81.8 cm³/mol. The molecule has 0 aliphatic heterocycles. The average Bonchev–Trinajstić information content (AvgIpc) is 2.47. The zero-order chi connectivity index (χ0) is 14.4. The molecule has 0 bridgehead atoms. The van der Waals surface area contributed by atoms with E-state index in [-0.39, 0.29) is 5.84 Å². The maximum Gasteiger partial charge on any atom is 0.292 e. The second kappa shape index (κ2) is 6.58. The Bertz CT molecular complexity index is 611. The minimum atomic E-state index is -0.474. The average molecular weight is 289 g/mol. The van der Waals surface area contributed by atoms with E-state index in [9.17, 15) is 4.79 Å². The molecule has 0 radical (unpaired) electrons. The third-order valence-corrected chi connectivity index (χ3v) is 2.67.